The van der Waals surface area contributed by atoms with Gasteiger partial charge in [0.05, 0.1) is 5.56 Å². The predicted octanol–water partition coefficient (Wildman–Crippen LogP) is 7.42. The Balaban J connectivity index is 0.819. The highest BCUT2D eigenvalue weighted by Gasteiger charge is 2.39. The van der Waals surface area contributed by atoms with E-state index >= 15 is 0 Å². The number of nitrogens with one attached hydrogen (secondary N) is 1. The number of rotatable bonds is 9. The van der Waals surface area contributed by atoms with Crippen LogP contribution in [0.1, 0.15) is 99.0 Å². The number of fused-ring (bicyclic) bond motifs is 2. The number of carboxylic acid groups (broad SMARTS) is 1. The van der Waals surface area contributed by atoms with Crippen molar-refractivity contribution in [1.82, 2.24) is 15.1 Å². The van der Waals surface area contributed by atoms with Crippen molar-refractivity contribution in [3.63, 3.8) is 0 Å². The Morgan fingerprint density at radius 3 is 2.10 bits per heavy atom. The third kappa shape index (κ3) is 7.92. The second-order valence-corrected chi connectivity index (χ2v) is 16.8. The number of benzene rings is 4. The first kappa shape index (κ1) is 39.6. The van der Waals surface area contributed by atoms with Crippen molar-refractivity contribution in [2.45, 2.75) is 64.0 Å². The third-order valence-corrected chi connectivity index (χ3v) is 13.2. The minimum absolute atomic E-state index is 0.00759. The standard InChI is InChI=1S/C48H49F2N5O5/c49-45(50)33-6-4-31(5-7-33)39-3-1-2-34-26-35(48(59)60)10-14-40(34)44(39)32-8-11-37(12-9-32)53-20-18-30(19-21-53)28-52-22-24-54(25-23-52)38-13-15-41-36(27-38)29-55(47(41)58)42-16-17-43(56)51-46(42)57/h4-15,26-27,30,42,45H,1-3,16-25,28-29H2,(H,59,60)(H,51,56,57)/t42-/m0/s1. The molecule has 2 N–H and O–H groups in total. The maximum Gasteiger partial charge on any atom is 0.335 e. The van der Waals surface area contributed by atoms with Crippen LogP contribution in [0, 0.1) is 5.92 Å². The lowest BCUT2D eigenvalue weighted by Gasteiger charge is -2.40. The first-order valence-electron chi connectivity index (χ1n) is 21.2. The van der Waals surface area contributed by atoms with Crippen molar-refractivity contribution in [2.24, 2.45) is 5.92 Å². The molecule has 0 spiro atoms. The molecule has 3 amide bonds. The van der Waals surface area contributed by atoms with E-state index in [1.807, 2.05) is 18.2 Å². The Labute approximate surface area is 348 Å². The Morgan fingerprint density at radius 2 is 1.40 bits per heavy atom. The summed E-state index contributed by atoms with van der Waals surface area (Å²) < 4.78 is 26.9. The number of carbonyl (C=O) groups is 4. The molecule has 0 aromatic heterocycles. The lowest BCUT2D eigenvalue weighted by atomic mass is 9.87. The molecule has 3 fully saturated rings. The SMILES string of the molecule is O=C1CC[C@H](N2Cc3cc(N4CCN(CC5CCN(c6ccc(C7=C(c8ccc(C(F)F)cc8)CCCc8cc(C(=O)O)ccc87)cc6)CC5)CC4)ccc3C2=O)C(=O)N1. The van der Waals surface area contributed by atoms with Crippen LogP contribution in [0.25, 0.3) is 11.1 Å². The first-order valence-corrected chi connectivity index (χ1v) is 21.2. The number of alkyl halides is 2. The summed E-state index contributed by atoms with van der Waals surface area (Å²) in [5.41, 5.74) is 10.1. The van der Waals surface area contributed by atoms with Gasteiger partial charge in [0.15, 0.2) is 0 Å². The van der Waals surface area contributed by atoms with Gasteiger partial charge in [0.2, 0.25) is 11.8 Å². The highest BCUT2D eigenvalue weighted by molar-refractivity contribution is 6.05. The summed E-state index contributed by atoms with van der Waals surface area (Å²) in [6.45, 7) is 7.13. The van der Waals surface area contributed by atoms with E-state index in [4.69, 9.17) is 0 Å². The number of aromatic carboxylic acids is 1. The Hall–Kier alpha value is -5.88. The molecule has 0 radical (unpaired) electrons. The molecule has 4 heterocycles. The Kier molecular flexibility index (Phi) is 11.0. The summed E-state index contributed by atoms with van der Waals surface area (Å²) in [4.78, 5) is 58.2. The predicted molar refractivity (Wildman–Crippen MR) is 226 cm³/mol. The van der Waals surface area contributed by atoms with Gasteiger partial charge in [-0.1, -0.05) is 42.5 Å². The molecule has 1 atom stereocenters. The number of piperidine rings is 2. The van der Waals surface area contributed by atoms with Gasteiger partial charge < -0.3 is 19.8 Å². The lowest BCUT2D eigenvalue weighted by Crippen LogP contribution is -2.52. The quantitative estimate of drug-likeness (QED) is 0.168. The number of hydrogen-bond donors (Lipinski definition) is 2. The van der Waals surface area contributed by atoms with Crippen LogP contribution in [-0.2, 0) is 22.6 Å². The van der Waals surface area contributed by atoms with E-state index in [0.29, 0.717) is 24.4 Å². The number of allylic oxidation sites excluding steroid dienone is 1. The van der Waals surface area contributed by atoms with E-state index < -0.39 is 24.3 Å². The van der Waals surface area contributed by atoms with Crippen molar-refractivity contribution in [3.05, 3.63) is 129 Å². The molecule has 0 saturated carbocycles. The molecule has 1 aliphatic carbocycles. The van der Waals surface area contributed by atoms with Crippen LogP contribution in [-0.4, -0.2) is 90.5 Å². The van der Waals surface area contributed by atoms with Crippen molar-refractivity contribution < 1.29 is 33.1 Å². The van der Waals surface area contributed by atoms with Gasteiger partial charge in [-0.25, -0.2) is 13.6 Å². The molecule has 0 unspecified atom stereocenters. The van der Waals surface area contributed by atoms with E-state index in [1.165, 1.54) is 17.8 Å². The molecule has 4 aromatic carbocycles. The number of piperazine rings is 1. The number of amides is 3. The molecule has 4 aliphatic heterocycles. The molecule has 12 heteroatoms. The fraction of sp³-hybridized carbons (Fsp3) is 0.375. The summed E-state index contributed by atoms with van der Waals surface area (Å²) in [5.74, 6) is -1.18. The number of hydrogen-bond acceptors (Lipinski definition) is 7. The van der Waals surface area contributed by atoms with Crippen LogP contribution in [0.2, 0.25) is 0 Å². The zero-order valence-electron chi connectivity index (χ0n) is 33.5. The highest BCUT2D eigenvalue weighted by atomic mass is 19.3. The number of halogens is 2. The van der Waals surface area contributed by atoms with Crippen molar-refractivity contribution in [3.8, 4) is 0 Å². The van der Waals surface area contributed by atoms with Crippen molar-refractivity contribution in [2.75, 3.05) is 55.6 Å². The molecule has 4 aromatic rings. The van der Waals surface area contributed by atoms with Crippen LogP contribution in [0.4, 0.5) is 20.2 Å². The smallest absolute Gasteiger partial charge is 0.335 e. The highest BCUT2D eigenvalue weighted by Crippen LogP contribution is 2.41. The maximum absolute atomic E-state index is 13.4. The molecular formula is C48H49F2N5O5. The largest absolute Gasteiger partial charge is 0.478 e. The molecule has 0 bridgehead atoms. The van der Waals surface area contributed by atoms with E-state index in [9.17, 15) is 33.1 Å². The zero-order valence-corrected chi connectivity index (χ0v) is 33.5. The fourth-order valence-electron chi connectivity index (χ4n) is 9.89. The molecule has 9 rings (SSSR count). The van der Waals surface area contributed by atoms with Gasteiger partial charge in [-0.15, -0.1) is 0 Å². The third-order valence-electron chi connectivity index (χ3n) is 13.2. The van der Waals surface area contributed by atoms with Gasteiger partial charge in [0, 0.05) is 81.3 Å². The van der Waals surface area contributed by atoms with Gasteiger partial charge in [0.25, 0.3) is 12.3 Å². The summed E-state index contributed by atoms with van der Waals surface area (Å²) in [6.07, 6.45) is 2.57. The fourth-order valence-corrected chi connectivity index (χ4v) is 9.89. The van der Waals surface area contributed by atoms with E-state index in [1.54, 1.807) is 29.2 Å². The average Bonchev–Trinajstić information content (AvgIpc) is 3.46. The number of carboxylic acids is 1. The molecule has 10 nitrogen and oxygen atoms in total. The monoisotopic (exact) mass is 813 g/mol. The summed E-state index contributed by atoms with van der Waals surface area (Å²) in [7, 11) is 0. The maximum atomic E-state index is 13.4. The van der Waals surface area contributed by atoms with Crippen LogP contribution in [0.5, 0.6) is 0 Å². The summed E-state index contributed by atoms with van der Waals surface area (Å²) >= 11 is 0. The first-order chi connectivity index (χ1) is 29.1. The zero-order chi connectivity index (χ0) is 41.5. The molecule has 3 saturated heterocycles. The molecule has 60 heavy (non-hydrogen) atoms. The van der Waals surface area contributed by atoms with E-state index in [0.717, 1.165) is 123 Å². The van der Waals surface area contributed by atoms with Crippen molar-refractivity contribution in [1.29, 1.82) is 0 Å². The average molecular weight is 814 g/mol. The topological polar surface area (TPSA) is 114 Å². The van der Waals surface area contributed by atoms with Gasteiger partial charge >= 0.3 is 5.97 Å². The lowest BCUT2D eigenvalue weighted by molar-refractivity contribution is -0.136. The minimum Gasteiger partial charge on any atom is -0.478 e. The Bertz CT molecular complexity index is 2350. The van der Waals surface area contributed by atoms with Crippen LogP contribution >= 0.6 is 0 Å². The molecule has 5 aliphatic rings. The second-order valence-electron chi connectivity index (χ2n) is 16.8. The minimum atomic E-state index is -2.53. The number of imide groups is 1. The number of aryl methyl sites for hydroxylation is 1. The molecule has 310 valence electrons. The summed E-state index contributed by atoms with van der Waals surface area (Å²) in [6, 6.07) is 25.9. The number of anilines is 2. The second kappa shape index (κ2) is 16.6. The van der Waals surface area contributed by atoms with E-state index in [-0.39, 0.29) is 29.4 Å². The molecular weight excluding hydrogens is 765 g/mol. The number of nitrogens with zero attached hydrogens (tertiary/aromatic N) is 4. The van der Waals surface area contributed by atoms with Gasteiger partial charge in [0.1, 0.15) is 6.04 Å². The van der Waals surface area contributed by atoms with Gasteiger partial charge in [-0.3, -0.25) is 24.6 Å². The van der Waals surface area contributed by atoms with Gasteiger partial charge in [-0.05, 0) is 126 Å². The van der Waals surface area contributed by atoms with Crippen LogP contribution in [0.3, 0.4) is 0 Å². The van der Waals surface area contributed by atoms with Crippen LogP contribution in [0.15, 0.2) is 84.9 Å². The Morgan fingerprint density at radius 1 is 0.717 bits per heavy atom. The summed E-state index contributed by atoms with van der Waals surface area (Å²) in [5, 5.41) is 12.1. The van der Waals surface area contributed by atoms with E-state index in [2.05, 4.69) is 50.3 Å². The number of carbonyl (C=O) groups excluding carboxylic acids is 3. The van der Waals surface area contributed by atoms with Crippen molar-refractivity contribution >= 4 is 46.2 Å². The normalized spacial score (nSPS) is 20.4. The van der Waals surface area contributed by atoms with Gasteiger partial charge in [-0.2, -0.15) is 0 Å². The van der Waals surface area contributed by atoms with Crippen LogP contribution < -0.4 is 15.1 Å².